The summed E-state index contributed by atoms with van der Waals surface area (Å²) in [6.45, 7) is 1.81. The Kier molecular flexibility index (Phi) is 4.34. The minimum atomic E-state index is -3.44. The third-order valence-corrected chi connectivity index (χ3v) is 4.36. The Morgan fingerprint density at radius 2 is 1.70 bits per heavy atom. The average molecular weight is 292 g/mol. The molecule has 20 heavy (non-hydrogen) atoms. The molecule has 5 nitrogen and oxygen atoms in total. The first-order chi connectivity index (χ1) is 9.51. The van der Waals surface area contributed by atoms with Gasteiger partial charge in [0.05, 0.1) is 12.9 Å². The van der Waals surface area contributed by atoms with Gasteiger partial charge in [0.25, 0.3) is 0 Å². The van der Waals surface area contributed by atoms with Crippen LogP contribution in [0.5, 0.6) is 5.75 Å². The molecule has 0 spiro atoms. The lowest BCUT2D eigenvalue weighted by Gasteiger charge is -2.04. The van der Waals surface area contributed by atoms with E-state index in [0.29, 0.717) is 6.42 Å². The van der Waals surface area contributed by atoms with Gasteiger partial charge in [0.1, 0.15) is 5.75 Å². The Balaban J connectivity index is 2.06. The lowest BCUT2D eigenvalue weighted by Crippen LogP contribution is -2.12. The zero-order valence-corrected chi connectivity index (χ0v) is 12.2. The van der Waals surface area contributed by atoms with Crippen LogP contribution in [0, 0.1) is 6.92 Å². The fourth-order valence-corrected chi connectivity index (χ4v) is 2.79. The number of aryl methyl sites for hydroxylation is 2. The summed E-state index contributed by atoms with van der Waals surface area (Å²) < 4.78 is 29.2. The molecular formula is C14H16N2O3S. The Morgan fingerprint density at radius 1 is 1.10 bits per heavy atom. The van der Waals surface area contributed by atoms with Crippen molar-refractivity contribution in [2.24, 2.45) is 0 Å². The molecule has 0 bridgehead atoms. The summed E-state index contributed by atoms with van der Waals surface area (Å²) >= 11 is 0. The zero-order valence-electron chi connectivity index (χ0n) is 11.4. The second kappa shape index (κ2) is 6.00. The van der Waals surface area contributed by atoms with Gasteiger partial charge in [-0.2, -0.15) is 0 Å². The smallest absolute Gasteiger partial charge is 0.247 e. The van der Waals surface area contributed by atoms with Crippen molar-refractivity contribution in [3.63, 3.8) is 0 Å². The zero-order chi connectivity index (χ0) is 14.6. The molecule has 0 aliphatic carbocycles. The Morgan fingerprint density at radius 3 is 2.25 bits per heavy atom. The van der Waals surface area contributed by atoms with Gasteiger partial charge in [-0.25, -0.2) is 18.4 Å². The minimum absolute atomic E-state index is 0.0115. The Bertz CT molecular complexity index is 665. The van der Waals surface area contributed by atoms with E-state index in [1.807, 2.05) is 31.2 Å². The summed E-state index contributed by atoms with van der Waals surface area (Å²) in [7, 11) is -1.85. The molecule has 0 aliphatic rings. The van der Waals surface area contributed by atoms with Crippen LogP contribution in [0.1, 0.15) is 11.1 Å². The highest BCUT2D eigenvalue weighted by molar-refractivity contribution is 7.91. The molecule has 106 valence electrons. The van der Waals surface area contributed by atoms with E-state index < -0.39 is 9.84 Å². The third kappa shape index (κ3) is 3.54. The summed E-state index contributed by atoms with van der Waals surface area (Å²) in [4.78, 5) is 7.74. The summed E-state index contributed by atoms with van der Waals surface area (Å²) in [5.41, 5.74) is 1.76. The van der Waals surface area contributed by atoms with Crippen molar-refractivity contribution >= 4 is 9.84 Å². The molecule has 0 unspecified atom stereocenters. The van der Waals surface area contributed by atoms with Crippen molar-refractivity contribution in [3.8, 4) is 5.75 Å². The second-order valence-corrected chi connectivity index (χ2v) is 6.46. The molecule has 0 fully saturated rings. The lowest BCUT2D eigenvalue weighted by molar-refractivity contribution is 0.414. The highest BCUT2D eigenvalue weighted by atomic mass is 32.2. The van der Waals surface area contributed by atoms with E-state index in [9.17, 15) is 8.42 Å². The molecule has 0 aliphatic heterocycles. The molecule has 0 saturated heterocycles. The number of hydrogen-bond acceptors (Lipinski definition) is 5. The number of ether oxygens (including phenoxy) is 1. The van der Waals surface area contributed by atoms with Crippen LogP contribution in [-0.2, 0) is 16.3 Å². The predicted octanol–water partition coefficient (Wildman–Crippen LogP) is 1.81. The lowest BCUT2D eigenvalue weighted by atomic mass is 10.2. The number of aromatic nitrogens is 2. The molecule has 0 radical (unpaired) electrons. The molecule has 2 rings (SSSR count). The van der Waals surface area contributed by atoms with Crippen LogP contribution in [0.4, 0.5) is 0 Å². The maximum atomic E-state index is 12.1. The number of hydrogen-bond donors (Lipinski definition) is 0. The topological polar surface area (TPSA) is 69.2 Å². The Hall–Kier alpha value is -1.95. The van der Waals surface area contributed by atoms with Gasteiger partial charge in [0.2, 0.25) is 15.0 Å². The van der Waals surface area contributed by atoms with Gasteiger partial charge >= 0.3 is 0 Å². The summed E-state index contributed by atoms with van der Waals surface area (Å²) in [6, 6.07) is 7.32. The Labute approximate surface area is 118 Å². The van der Waals surface area contributed by atoms with Crippen LogP contribution >= 0.6 is 0 Å². The van der Waals surface area contributed by atoms with Crippen LogP contribution in [0.25, 0.3) is 0 Å². The predicted molar refractivity (Wildman–Crippen MR) is 75.5 cm³/mol. The number of rotatable bonds is 5. The highest BCUT2D eigenvalue weighted by Gasteiger charge is 2.17. The molecule has 0 saturated carbocycles. The fourth-order valence-electron chi connectivity index (χ4n) is 1.68. The van der Waals surface area contributed by atoms with Crippen molar-refractivity contribution < 1.29 is 13.2 Å². The van der Waals surface area contributed by atoms with Gasteiger partial charge in [0, 0.05) is 12.4 Å². The van der Waals surface area contributed by atoms with Crippen LogP contribution in [0.15, 0.2) is 41.8 Å². The fraction of sp³-hybridized carbons (Fsp3) is 0.286. The SMILES string of the molecule is COc1ccc(CCS(=O)(=O)c2ncc(C)cn2)cc1. The molecule has 1 aromatic carbocycles. The molecule has 0 N–H and O–H groups in total. The summed E-state index contributed by atoms with van der Waals surface area (Å²) in [5, 5.41) is -0.114. The largest absolute Gasteiger partial charge is 0.497 e. The molecule has 1 aromatic heterocycles. The van der Waals surface area contributed by atoms with Gasteiger partial charge in [-0.3, -0.25) is 0 Å². The second-order valence-electron chi connectivity index (χ2n) is 4.46. The van der Waals surface area contributed by atoms with Gasteiger partial charge in [-0.15, -0.1) is 0 Å². The van der Waals surface area contributed by atoms with E-state index >= 15 is 0 Å². The molecule has 6 heteroatoms. The highest BCUT2D eigenvalue weighted by Crippen LogP contribution is 2.13. The van der Waals surface area contributed by atoms with E-state index in [0.717, 1.165) is 16.9 Å². The van der Waals surface area contributed by atoms with Crippen molar-refractivity contribution in [2.45, 2.75) is 18.5 Å². The maximum absolute atomic E-state index is 12.1. The van der Waals surface area contributed by atoms with E-state index in [1.54, 1.807) is 7.11 Å². The van der Waals surface area contributed by atoms with Crippen molar-refractivity contribution in [1.29, 1.82) is 0 Å². The van der Waals surface area contributed by atoms with Crippen molar-refractivity contribution in [1.82, 2.24) is 9.97 Å². The number of nitrogens with zero attached hydrogens (tertiary/aromatic N) is 2. The first-order valence-electron chi connectivity index (χ1n) is 6.15. The monoisotopic (exact) mass is 292 g/mol. The van der Waals surface area contributed by atoms with Gasteiger partial charge in [0.15, 0.2) is 0 Å². The molecule has 0 atom stereocenters. The van der Waals surface area contributed by atoms with Crippen LogP contribution < -0.4 is 4.74 Å². The normalized spacial score (nSPS) is 11.3. The first kappa shape index (κ1) is 14.5. The molecule has 0 amide bonds. The van der Waals surface area contributed by atoms with Crippen LogP contribution in [0.2, 0.25) is 0 Å². The third-order valence-electron chi connectivity index (χ3n) is 2.85. The number of sulfone groups is 1. The van der Waals surface area contributed by atoms with Crippen LogP contribution in [-0.4, -0.2) is 31.2 Å². The van der Waals surface area contributed by atoms with Gasteiger partial charge in [-0.05, 0) is 36.6 Å². The quantitative estimate of drug-likeness (QED) is 0.786. The number of benzene rings is 1. The van der Waals surface area contributed by atoms with E-state index in [-0.39, 0.29) is 10.9 Å². The molecule has 1 heterocycles. The average Bonchev–Trinajstić information content (AvgIpc) is 2.46. The van der Waals surface area contributed by atoms with E-state index in [4.69, 9.17) is 4.74 Å². The number of methoxy groups -OCH3 is 1. The summed E-state index contributed by atoms with van der Waals surface area (Å²) in [6.07, 6.45) is 3.43. The molecular weight excluding hydrogens is 276 g/mol. The van der Waals surface area contributed by atoms with Gasteiger partial charge in [-0.1, -0.05) is 12.1 Å². The maximum Gasteiger partial charge on any atom is 0.247 e. The summed E-state index contributed by atoms with van der Waals surface area (Å²) in [5.74, 6) is 0.737. The van der Waals surface area contributed by atoms with E-state index in [1.165, 1.54) is 12.4 Å². The first-order valence-corrected chi connectivity index (χ1v) is 7.81. The van der Waals surface area contributed by atoms with Crippen molar-refractivity contribution in [2.75, 3.05) is 12.9 Å². The minimum Gasteiger partial charge on any atom is -0.497 e. The van der Waals surface area contributed by atoms with Crippen LogP contribution in [0.3, 0.4) is 0 Å². The molecule has 2 aromatic rings. The standard InChI is InChI=1S/C14H16N2O3S/c1-11-9-15-14(16-10-11)20(17,18)8-7-12-3-5-13(19-2)6-4-12/h3-6,9-10H,7-8H2,1-2H3. The van der Waals surface area contributed by atoms with E-state index in [2.05, 4.69) is 9.97 Å². The van der Waals surface area contributed by atoms with Crippen molar-refractivity contribution in [3.05, 3.63) is 47.8 Å². The van der Waals surface area contributed by atoms with Gasteiger partial charge < -0.3 is 4.74 Å².